The van der Waals surface area contributed by atoms with E-state index in [1.165, 1.54) is 48.6 Å². The van der Waals surface area contributed by atoms with Crippen LogP contribution < -0.4 is 5.63 Å². The number of benzene rings is 2. The average molecular weight is 532 g/mol. The van der Waals surface area contributed by atoms with E-state index in [9.17, 15) is 19.8 Å². The minimum atomic E-state index is -0.650. The molecule has 3 aromatic rings. The van der Waals surface area contributed by atoms with E-state index < -0.39 is 10.7 Å². The van der Waals surface area contributed by atoms with Gasteiger partial charge in [0.1, 0.15) is 11.5 Å². The van der Waals surface area contributed by atoms with Gasteiger partial charge in [-0.1, -0.05) is 24.3 Å². The third-order valence-corrected chi connectivity index (χ3v) is 3.76. The van der Waals surface area contributed by atoms with Gasteiger partial charge in [0.05, 0.1) is 6.07 Å². The summed E-state index contributed by atoms with van der Waals surface area (Å²) >= 11 is 7.44. The molecule has 0 aliphatic carbocycles. The molecule has 0 bridgehead atoms. The van der Waals surface area contributed by atoms with E-state index in [0.29, 0.717) is 11.1 Å². The van der Waals surface area contributed by atoms with Gasteiger partial charge < -0.3 is 47.4 Å². The first kappa shape index (κ1) is 27.5. The van der Waals surface area contributed by atoms with Gasteiger partial charge in [0.15, 0.2) is 23.0 Å². The number of carbonyl (C=O) groups is 1. The van der Waals surface area contributed by atoms with Crippen LogP contribution in [-0.2, 0) is 31.5 Å². The van der Waals surface area contributed by atoms with Crippen LogP contribution in [0.15, 0.2) is 63.8 Å². The van der Waals surface area contributed by atoms with E-state index in [1.54, 1.807) is 18.2 Å². The van der Waals surface area contributed by atoms with Crippen molar-refractivity contribution in [1.82, 2.24) is 0 Å². The molecule has 0 radical (unpaired) electrons. The summed E-state index contributed by atoms with van der Waals surface area (Å²) in [6.07, 6.45) is 5.71. The maximum absolute atomic E-state index is 11.0. The van der Waals surface area contributed by atoms with E-state index >= 15 is 0 Å². The van der Waals surface area contributed by atoms with Gasteiger partial charge in [-0.2, -0.15) is 0 Å². The van der Waals surface area contributed by atoms with Crippen molar-refractivity contribution < 1.29 is 48.9 Å². The fourth-order valence-electron chi connectivity index (χ4n) is 2.20. The first-order valence-electron chi connectivity index (χ1n) is 8.73. The first-order chi connectivity index (χ1) is 15.6. The quantitative estimate of drug-likeness (QED) is 0.191. The Morgan fingerprint density at radius 1 is 0.788 bits per heavy atom. The molecule has 175 valence electrons. The molecule has 0 atom stereocenters. The Morgan fingerprint density at radius 3 is 1.76 bits per heavy atom. The normalized spacial score (nSPS) is 10.2. The summed E-state index contributed by atoms with van der Waals surface area (Å²) in [6, 6.07) is 10.8. The Labute approximate surface area is 205 Å². The van der Waals surface area contributed by atoms with Crippen LogP contribution in [-0.4, -0.2) is 30.6 Å². The zero-order valence-corrected chi connectivity index (χ0v) is 19.2. The van der Waals surface area contributed by atoms with Gasteiger partial charge in [0.25, 0.3) is 0 Å². The molecule has 0 unspecified atom stereocenters. The summed E-state index contributed by atoms with van der Waals surface area (Å²) in [5.41, 5.74) is 0.563. The van der Waals surface area contributed by atoms with Crippen LogP contribution in [0.3, 0.4) is 0 Å². The zero-order chi connectivity index (χ0) is 25.0. The molecule has 2 aromatic carbocycles. The maximum atomic E-state index is 11.0. The molecule has 0 spiro atoms. The number of aromatic hydroxyl groups is 5. The number of phenols is 4. The van der Waals surface area contributed by atoms with E-state index in [4.69, 9.17) is 19.7 Å². The molecular weight excluding hydrogens is 515 g/mol. The molecule has 0 amide bonds. The number of phenolic OH excluding ortho intramolecular Hbond substituents is 4. The Kier molecular flexibility index (Phi) is 11.5. The molecule has 0 aliphatic rings. The predicted molar refractivity (Wildman–Crippen MR) is 124 cm³/mol. The van der Waals surface area contributed by atoms with E-state index in [-0.39, 0.29) is 34.5 Å². The van der Waals surface area contributed by atoms with Crippen molar-refractivity contribution in [2.24, 2.45) is 0 Å². The second kappa shape index (κ2) is 13.8. The topological polar surface area (TPSA) is 148 Å². The van der Waals surface area contributed by atoms with Crippen molar-refractivity contribution in [1.29, 1.82) is 0 Å². The van der Waals surface area contributed by atoms with Gasteiger partial charge in [-0.3, -0.25) is 0 Å². The van der Waals surface area contributed by atoms with E-state index in [2.05, 4.69) is 37.4 Å². The molecule has 1 aromatic heterocycles. The van der Waals surface area contributed by atoms with Crippen molar-refractivity contribution in [3.8, 4) is 28.7 Å². The van der Waals surface area contributed by atoms with Crippen molar-refractivity contribution >= 4 is 46.6 Å². The molecule has 11 heteroatoms. The van der Waals surface area contributed by atoms with Crippen LogP contribution in [0.1, 0.15) is 16.9 Å². The summed E-state index contributed by atoms with van der Waals surface area (Å²) in [6.45, 7) is 0. The van der Waals surface area contributed by atoms with Crippen molar-refractivity contribution in [2.75, 3.05) is 0 Å². The van der Waals surface area contributed by atoms with E-state index in [1.807, 2.05) is 0 Å². The molecular formula is C22H17CoO8S2-. The standard InChI is InChI=1S/C13H10O5.C9H8O3S.Co.S/c14-9-6-10(18-13(17)7-9)3-1-8-2-4-11(15)12(16)5-8;10-7-3-1-6(5-8(7)11)2-4-9(12)13;;/h1-7,14-16H;1-5,10-11H,(H,12,13);;/p-1/b3-1+;4-2+;;. The molecule has 0 fully saturated rings. The Bertz CT molecular complexity index is 1220. The predicted octanol–water partition coefficient (Wildman–Crippen LogP) is 3.76. The average Bonchev–Trinajstić information content (AvgIpc) is 2.76. The molecule has 33 heavy (non-hydrogen) atoms. The summed E-state index contributed by atoms with van der Waals surface area (Å²) < 4.78 is 4.82. The summed E-state index contributed by atoms with van der Waals surface area (Å²) in [5.74, 6) is -0.863. The summed E-state index contributed by atoms with van der Waals surface area (Å²) in [4.78, 5) is 21.4. The van der Waals surface area contributed by atoms with Crippen molar-refractivity contribution in [2.45, 2.75) is 0 Å². The molecule has 0 saturated carbocycles. The third kappa shape index (κ3) is 10.1. The molecule has 8 nitrogen and oxygen atoms in total. The van der Waals surface area contributed by atoms with Crippen LogP contribution in [0.4, 0.5) is 0 Å². The van der Waals surface area contributed by atoms with Gasteiger partial charge in [-0.05, 0) is 47.5 Å². The number of carbonyl (C=O) groups excluding carboxylic acids is 1. The van der Waals surface area contributed by atoms with Crippen LogP contribution in [0.2, 0.25) is 0 Å². The van der Waals surface area contributed by atoms with Gasteiger partial charge in [0, 0.05) is 11.2 Å². The fourth-order valence-corrected chi connectivity index (χ4v) is 2.26. The van der Waals surface area contributed by atoms with Gasteiger partial charge in [0.2, 0.25) is 0 Å². The van der Waals surface area contributed by atoms with Crippen LogP contribution in [0, 0.1) is 0 Å². The number of hydrogen-bond donors (Lipinski definition) is 5. The zero-order valence-electron chi connectivity index (χ0n) is 16.5. The second-order valence-electron chi connectivity index (χ2n) is 6.02. The minimum absolute atomic E-state index is 0.181. The molecule has 1 heterocycles. The Balaban J connectivity index is 0.000000322. The summed E-state index contributed by atoms with van der Waals surface area (Å²) in [7, 11) is 3.77. The van der Waals surface area contributed by atoms with Gasteiger partial charge in [-0.25, -0.2) is 4.79 Å². The van der Waals surface area contributed by atoms with E-state index in [0.717, 1.165) is 6.07 Å². The second-order valence-corrected chi connectivity index (χ2v) is 6.42. The molecule has 3 rings (SSSR count). The van der Waals surface area contributed by atoms with Crippen molar-refractivity contribution in [3.63, 3.8) is 0 Å². The van der Waals surface area contributed by atoms with Crippen LogP contribution >= 0.6 is 10.6 Å². The van der Waals surface area contributed by atoms with Crippen LogP contribution in [0.25, 0.3) is 18.2 Å². The number of hydrogen-bond acceptors (Lipinski definition) is 10. The fraction of sp³-hybridized carbons (Fsp3) is 0. The Hall–Kier alpha value is -3.51. The monoisotopic (exact) mass is 532 g/mol. The number of rotatable bonds is 4. The van der Waals surface area contributed by atoms with Gasteiger partial charge in [-0.15, -0.1) is 0 Å². The SMILES string of the molecule is O=C([S-])/C=C/c1ccc(O)c(O)c1.O=c1cc(O)cc(/C=C/c2ccc(O)c(O)c2)o1.[S]=[Co]. The molecule has 0 saturated heterocycles. The van der Waals surface area contributed by atoms with Crippen molar-refractivity contribution in [3.05, 3.63) is 81.9 Å². The van der Waals surface area contributed by atoms with Gasteiger partial charge >= 0.3 is 30.4 Å². The third-order valence-electron chi connectivity index (χ3n) is 3.63. The first-order valence-corrected chi connectivity index (χ1v) is 10.7. The summed E-state index contributed by atoms with van der Waals surface area (Å²) in [5, 5.41) is 45.2. The Morgan fingerprint density at radius 2 is 1.30 bits per heavy atom. The molecule has 5 N–H and O–H groups in total. The molecule has 0 aliphatic heterocycles. The van der Waals surface area contributed by atoms with Crippen LogP contribution in [0.5, 0.6) is 28.7 Å².